The predicted octanol–water partition coefficient (Wildman–Crippen LogP) is 1.53. The van der Waals surface area contributed by atoms with Crippen molar-refractivity contribution in [1.29, 1.82) is 0 Å². The Bertz CT molecular complexity index is 405. The first kappa shape index (κ1) is 15.7. The standard InChI is InChI=1S/C15H24N2O2/c1-13-6-5-7-14(10-13)11-17(8-9-19-4)12-15(18)16(2)3/h5-7,10H,8-9,11-12H2,1-4H3. The van der Waals surface area contributed by atoms with Gasteiger partial charge in [0.05, 0.1) is 13.2 Å². The number of carbonyl (C=O) groups excluding carboxylic acids is 1. The van der Waals surface area contributed by atoms with Gasteiger partial charge in [0.15, 0.2) is 0 Å². The van der Waals surface area contributed by atoms with E-state index >= 15 is 0 Å². The summed E-state index contributed by atoms with van der Waals surface area (Å²) >= 11 is 0. The lowest BCUT2D eigenvalue weighted by atomic mass is 10.1. The number of likely N-dealkylation sites (N-methyl/N-ethyl adjacent to an activating group) is 1. The first-order valence-corrected chi connectivity index (χ1v) is 6.50. The highest BCUT2D eigenvalue weighted by molar-refractivity contribution is 5.77. The van der Waals surface area contributed by atoms with Crippen LogP contribution in [0.2, 0.25) is 0 Å². The molecule has 0 aliphatic rings. The summed E-state index contributed by atoms with van der Waals surface area (Å²) < 4.78 is 5.11. The van der Waals surface area contributed by atoms with Crippen LogP contribution in [0.5, 0.6) is 0 Å². The van der Waals surface area contributed by atoms with Gasteiger partial charge < -0.3 is 9.64 Å². The van der Waals surface area contributed by atoms with Gasteiger partial charge in [-0.05, 0) is 12.5 Å². The van der Waals surface area contributed by atoms with Crippen molar-refractivity contribution in [3.05, 3.63) is 35.4 Å². The van der Waals surface area contributed by atoms with Crippen LogP contribution in [0.1, 0.15) is 11.1 Å². The molecule has 1 amide bonds. The average molecular weight is 264 g/mol. The molecule has 0 N–H and O–H groups in total. The lowest BCUT2D eigenvalue weighted by Crippen LogP contribution is -2.37. The zero-order valence-corrected chi connectivity index (χ0v) is 12.3. The maximum Gasteiger partial charge on any atom is 0.236 e. The third-order valence-corrected chi connectivity index (χ3v) is 2.96. The molecule has 0 heterocycles. The first-order chi connectivity index (χ1) is 9.02. The van der Waals surface area contributed by atoms with Gasteiger partial charge in [-0.25, -0.2) is 0 Å². The highest BCUT2D eigenvalue weighted by atomic mass is 16.5. The van der Waals surface area contributed by atoms with Crippen molar-refractivity contribution in [2.45, 2.75) is 13.5 Å². The minimum absolute atomic E-state index is 0.115. The second kappa shape index (κ2) is 7.92. The van der Waals surface area contributed by atoms with Crippen LogP contribution in [0.3, 0.4) is 0 Å². The van der Waals surface area contributed by atoms with Crippen LogP contribution in [-0.4, -0.2) is 56.6 Å². The van der Waals surface area contributed by atoms with E-state index in [4.69, 9.17) is 4.74 Å². The average Bonchev–Trinajstić information content (AvgIpc) is 2.35. The number of amides is 1. The van der Waals surface area contributed by atoms with Crippen LogP contribution >= 0.6 is 0 Å². The summed E-state index contributed by atoms with van der Waals surface area (Å²) in [5, 5.41) is 0. The number of benzene rings is 1. The Morgan fingerprint density at radius 1 is 1.32 bits per heavy atom. The van der Waals surface area contributed by atoms with E-state index in [9.17, 15) is 4.79 Å². The Morgan fingerprint density at radius 3 is 2.63 bits per heavy atom. The van der Waals surface area contributed by atoms with E-state index in [1.165, 1.54) is 11.1 Å². The molecule has 0 fully saturated rings. The Labute approximate surface area is 116 Å². The number of aryl methyl sites for hydroxylation is 1. The van der Waals surface area contributed by atoms with Crippen LogP contribution in [0.25, 0.3) is 0 Å². The maximum atomic E-state index is 11.8. The van der Waals surface area contributed by atoms with Crippen molar-refractivity contribution >= 4 is 5.91 Å². The van der Waals surface area contributed by atoms with Gasteiger partial charge in [-0.1, -0.05) is 29.8 Å². The zero-order valence-electron chi connectivity index (χ0n) is 12.3. The minimum atomic E-state index is 0.115. The third kappa shape index (κ3) is 5.85. The zero-order chi connectivity index (χ0) is 14.3. The molecule has 1 rings (SSSR count). The summed E-state index contributed by atoms with van der Waals surface area (Å²) in [7, 11) is 5.24. The van der Waals surface area contributed by atoms with Gasteiger partial charge in [-0.15, -0.1) is 0 Å². The molecule has 106 valence electrons. The van der Waals surface area contributed by atoms with E-state index in [1.54, 1.807) is 26.1 Å². The van der Waals surface area contributed by atoms with Crippen LogP contribution in [0.15, 0.2) is 24.3 Å². The lowest BCUT2D eigenvalue weighted by molar-refractivity contribution is -0.130. The van der Waals surface area contributed by atoms with Crippen molar-refractivity contribution in [2.24, 2.45) is 0 Å². The molecule has 0 saturated heterocycles. The van der Waals surface area contributed by atoms with Gasteiger partial charge >= 0.3 is 0 Å². The summed E-state index contributed by atoms with van der Waals surface area (Å²) in [6, 6.07) is 8.37. The molecular formula is C15H24N2O2. The van der Waals surface area contributed by atoms with Crippen LogP contribution in [-0.2, 0) is 16.1 Å². The number of ether oxygens (including phenoxy) is 1. The van der Waals surface area contributed by atoms with Crippen molar-refractivity contribution in [3.8, 4) is 0 Å². The van der Waals surface area contributed by atoms with Crippen molar-refractivity contribution in [2.75, 3.05) is 40.9 Å². The van der Waals surface area contributed by atoms with Gasteiger partial charge in [0, 0.05) is 34.3 Å². The number of hydrogen-bond donors (Lipinski definition) is 0. The molecule has 0 saturated carbocycles. The smallest absolute Gasteiger partial charge is 0.236 e. The molecule has 1 aromatic carbocycles. The molecule has 0 unspecified atom stereocenters. The topological polar surface area (TPSA) is 32.8 Å². The number of methoxy groups -OCH3 is 1. The Balaban J connectivity index is 2.65. The molecule has 19 heavy (non-hydrogen) atoms. The minimum Gasteiger partial charge on any atom is -0.383 e. The van der Waals surface area contributed by atoms with E-state index in [-0.39, 0.29) is 5.91 Å². The fourth-order valence-corrected chi connectivity index (χ4v) is 1.84. The molecule has 4 nitrogen and oxygen atoms in total. The van der Waals surface area contributed by atoms with Crippen molar-refractivity contribution in [3.63, 3.8) is 0 Å². The molecule has 0 spiro atoms. The van der Waals surface area contributed by atoms with Crippen LogP contribution in [0, 0.1) is 6.92 Å². The van der Waals surface area contributed by atoms with Crippen molar-refractivity contribution < 1.29 is 9.53 Å². The highest BCUT2D eigenvalue weighted by Gasteiger charge is 2.12. The van der Waals surface area contributed by atoms with Crippen molar-refractivity contribution in [1.82, 2.24) is 9.80 Å². The van der Waals surface area contributed by atoms with E-state index in [1.807, 2.05) is 6.07 Å². The first-order valence-electron chi connectivity index (χ1n) is 6.50. The molecule has 0 atom stereocenters. The summed E-state index contributed by atoms with van der Waals surface area (Å²) in [6.07, 6.45) is 0. The van der Waals surface area contributed by atoms with Gasteiger partial charge in [0.1, 0.15) is 0 Å². The largest absolute Gasteiger partial charge is 0.383 e. The Kier molecular flexibility index (Phi) is 6.53. The molecular weight excluding hydrogens is 240 g/mol. The number of carbonyl (C=O) groups is 1. The number of rotatable bonds is 7. The van der Waals surface area contributed by atoms with E-state index in [2.05, 4.69) is 30.0 Å². The second-order valence-electron chi connectivity index (χ2n) is 4.98. The number of hydrogen-bond acceptors (Lipinski definition) is 3. The SMILES string of the molecule is COCCN(CC(=O)N(C)C)Cc1cccc(C)c1. The van der Waals surface area contributed by atoms with E-state index in [0.717, 1.165) is 13.1 Å². The molecule has 4 heteroatoms. The monoisotopic (exact) mass is 264 g/mol. The summed E-state index contributed by atoms with van der Waals surface area (Å²) in [5.41, 5.74) is 2.46. The van der Waals surface area contributed by atoms with Gasteiger partial charge in [-0.3, -0.25) is 9.69 Å². The van der Waals surface area contributed by atoms with E-state index in [0.29, 0.717) is 13.2 Å². The Hall–Kier alpha value is -1.39. The Morgan fingerprint density at radius 2 is 2.05 bits per heavy atom. The molecule has 1 aromatic rings. The fourth-order valence-electron chi connectivity index (χ4n) is 1.84. The highest BCUT2D eigenvalue weighted by Crippen LogP contribution is 2.07. The fraction of sp³-hybridized carbons (Fsp3) is 0.533. The predicted molar refractivity (Wildman–Crippen MR) is 77.0 cm³/mol. The molecule has 0 aliphatic heterocycles. The molecule has 0 aromatic heterocycles. The third-order valence-electron chi connectivity index (χ3n) is 2.96. The summed E-state index contributed by atoms with van der Waals surface area (Å²) in [5.74, 6) is 0.115. The summed E-state index contributed by atoms with van der Waals surface area (Å²) in [4.78, 5) is 15.5. The van der Waals surface area contributed by atoms with E-state index < -0.39 is 0 Å². The lowest BCUT2D eigenvalue weighted by Gasteiger charge is -2.23. The second-order valence-corrected chi connectivity index (χ2v) is 4.98. The number of nitrogens with zero attached hydrogens (tertiary/aromatic N) is 2. The normalized spacial score (nSPS) is 10.8. The molecule has 0 radical (unpaired) electrons. The van der Waals surface area contributed by atoms with Gasteiger partial charge in [-0.2, -0.15) is 0 Å². The molecule has 0 bridgehead atoms. The van der Waals surface area contributed by atoms with Gasteiger partial charge in [0.2, 0.25) is 5.91 Å². The molecule has 0 aliphatic carbocycles. The van der Waals surface area contributed by atoms with Gasteiger partial charge in [0.25, 0.3) is 0 Å². The van der Waals surface area contributed by atoms with Crippen LogP contribution in [0.4, 0.5) is 0 Å². The van der Waals surface area contributed by atoms with Crippen LogP contribution < -0.4 is 0 Å². The summed E-state index contributed by atoms with van der Waals surface area (Å²) in [6.45, 7) is 4.65. The quantitative estimate of drug-likeness (QED) is 0.749. The maximum absolute atomic E-state index is 11.8.